The van der Waals surface area contributed by atoms with E-state index in [0.717, 1.165) is 44.2 Å². The molecule has 1 unspecified atom stereocenters. The fourth-order valence-corrected chi connectivity index (χ4v) is 2.45. The number of pyridine rings is 1. The molecular weight excluding hydrogens is 238 g/mol. The SMILES string of the molecule is CCNCc1cccc(CN(C)CC2CCCO2)n1. The van der Waals surface area contributed by atoms with Crippen LogP contribution in [-0.4, -0.2) is 42.7 Å². The van der Waals surface area contributed by atoms with Crippen LogP contribution in [-0.2, 0) is 17.8 Å². The van der Waals surface area contributed by atoms with Gasteiger partial charge in [-0.05, 0) is 38.6 Å². The molecule has 0 radical (unpaired) electrons. The highest BCUT2D eigenvalue weighted by Crippen LogP contribution is 2.13. The first-order chi connectivity index (χ1) is 9.28. The molecule has 0 aromatic carbocycles. The normalized spacial score (nSPS) is 19.2. The second-order valence-electron chi connectivity index (χ2n) is 5.23. The zero-order valence-electron chi connectivity index (χ0n) is 12.1. The predicted octanol–water partition coefficient (Wildman–Crippen LogP) is 1.80. The number of ether oxygens (including phenoxy) is 1. The Bertz CT molecular complexity index is 377. The molecular formula is C15H25N3O. The van der Waals surface area contributed by atoms with Crippen LogP contribution in [0.3, 0.4) is 0 Å². The van der Waals surface area contributed by atoms with Crippen LogP contribution in [0, 0.1) is 0 Å². The van der Waals surface area contributed by atoms with E-state index in [4.69, 9.17) is 4.74 Å². The van der Waals surface area contributed by atoms with E-state index < -0.39 is 0 Å². The summed E-state index contributed by atoms with van der Waals surface area (Å²) >= 11 is 0. The topological polar surface area (TPSA) is 37.4 Å². The lowest BCUT2D eigenvalue weighted by molar-refractivity contribution is 0.0790. The minimum atomic E-state index is 0.412. The number of hydrogen-bond donors (Lipinski definition) is 1. The fourth-order valence-electron chi connectivity index (χ4n) is 2.45. The summed E-state index contributed by atoms with van der Waals surface area (Å²) in [6.07, 6.45) is 2.81. The first-order valence-electron chi connectivity index (χ1n) is 7.23. The molecule has 1 aliphatic heterocycles. The smallest absolute Gasteiger partial charge is 0.0702 e. The zero-order valence-corrected chi connectivity index (χ0v) is 12.1. The van der Waals surface area contributed by atoms with Crippen molar-refractivity contribution >= 4 is 0 Å². The Balaban J connectivity index is 1.83. The van der Waals surface area contributed by atoms with Gasteiger partial charge in [-0.2, -0.15) is 0 Å². The van der Waals surface area contributed by atoms with E-state index in [1.54, 1.807) is 0 Å². The highest BCUT2D eigenvalue weighted by atomic mass is 16.5. The van der Waals surface area contributed by atoms with Gasteiger partial charge in [0.25, 0.3) is 0 Å². The third-order valence-corrected chi connectivity index (χ3v) is 3.39. The summed E-state index contributed by atoms with van der Waals surface area (Å²) in [5.41, 5.74) is 2.25. The molecule has 0 saturated carbocycles. The van der Waals surface area contributed by atoms with E-state index >= 15 is 0 Å². The molecule has 19 heavy (non-hydrogen) atoms. The van der Waals surface area contributed by atoms with E-state index in [0.29, 0.717) is 6.10 Å². The van der Waals surface area contributed by atoms with Gasteiger partial charge in [-0.15, -0.1) is 0 Å². The summed E-state index contributed by atoms with van der Waals surface area (Å²) in [6.45, 7) is 6.75. The van der Waals surface area contributed by atoms with Gasteiger partial charge in [-0.1, -0.05) is 13.0 Å². The van der Waals surface area contributed by atoms with Crippen LogP contribution < -0.4 is 5.32 Å². The molecule has 1 aliphatic rings. The lowest BCUT2D eigenvalue weighted by Crippen LogP contribution is -2.28. The fraction of sp³-hybridized carbons (Fsp3) is 0.667. The van der Waals surface area contributed by atoms with E-state index in [1.165, 1.54) is 12.8 Å². The summed E-state index contributed by atoms with van der Waals surface area (Å²) in [5.74, 6) is 0. The van der Waals surface area contributed by atoms with Crippen LogP contribution in [0.4, 0.5) is 0 Å². The average molecular weight is 263 g/mol. The number of nitrogens with one attached hydrogen (secondary N) is 1. The molecule has 0 bridgehead atoms. The lowest BCUT2D eigenvalue weighted by atomic mass is 10.2. The number of hydrogen-bond acceptors (Lipinski definition) is 4. The third-order valence-electron chi connectivity index (χ3n) is 3.39. The Morgan fingerprint density at radius 1 is 1.42 bits per heavy atom. The van der Waals surface area contributed by atoms with Gasteiger partial charge in [0.15, 0.2) is 0 Å². The van der Waals surface area contributed by atoms with E-state index in [1.807, 2.05) is 0 Å². The summed E-state index contributed by atoms with van der Waals surface area (Å²) in [5, 5.41) is 3.31. The number of rotatable bonds is 7. The van der Waals surface area contributed by atoms with Crippen molar-refractivity contribution in [1.82, 2.24) is 15.2 Å². The van der Waals surface area contributed by atoms with Crippen molar-refractivity contribution in [2.24, 2.45) is 0 Å². The van der Waals surface area contributed by atoms with Crippen LogP contribution in [0.25, 0.3) is 0 Å². The van der Waals surface area contributed by atoms with Crippen molar-refractivity contribution in [2.75, 3.05) is 26.7 Å². The average Bonchev–Trinajstić information content (AvgIpc) is 2.89. The molecule has 4 heteroatoms. The number of aromatic nitrogens is 1. The molecule has 1 aromatic heterocycles. The van der Waals surface area contributed by atoms with Gasteiger partial charge in [-0.3, -0.25) is 9.88 Å². The second kappa shape index (κ2) is 7.58. The van der Waals surface area contributed by atoms with Crippen molar-refractivity contribution in [3.8, 4) is 0 Å². The lowest BCUT2D eigenvalue weighted by Gasteiger charge is -2.20. The van der Waals surface area contributed by atoms with Gasteiger partial charge in [-0.25, -0.2) is 0 Å². The summed E-state index contributed by atoms with van der Waals surface area (Å²) in [4.78, 5) is 6.98. The number of likely N-dealkylation sites (N-methyl/N-ethyl adjacent to an activating group) is 1. The molecule has 1 aromatic rings. The van der Waals surface area contributed by atoms with Gasteiger partial charge in [0.2, 0.25) is 0 Å². The molecule has 1 atom stereocenters. The molecule has 4 nitrogen and oxygen atoms in total. The third kappa shape index (κ3) is 4.90. The molecule has 0 amide bonds. The van der Waals surface area contributed by atoms with Crippen LogP contribution in [0.1, 0.15) is 31.2 Å². The summed E-state index contributed by atoms with van der Waals surface area (Å²) in [6, 6.07) is 6.27. The van der Waals surface area contributed by atoms with E-state index in [-0.39, 0.29) is 0 Å². The molecule has 0 spiro atoms. The molecule has 2 rings (SSSR count). The Morgan fingerprint density at radius 3 is 3.00 bits per heavy atom. The second-order valence-corrected chi connectivity index (χ2v) is 5.23. The van der Waals surface area contributed by atoms with Crippen molar-refractivity contribution in [3.63, 3.8) is 0 Å². The van der Waals surface area contributed by atoms with Crippen molar-refractivity contribution in [2.45, 2.75) is 39.0 Å². The van der Waals surface area contributed by atoms with Crippen molar-refractivity contribution in [3.05, 3.63) is 29.6 Å². The minimum Gasteiger partial charge on any atom is -0.377 e. The minimum absolute atomic E-state index is 0.412. The van der Waals surface area contributed by atoms with E-state index in [9.17, 15) is 0 Å². The Kier molecular flexibility index (Phi) is 5.76. The van der Waals surface area contributed by atoms with Crippen LogP contribution in [0.5, 0.6) is 0 Å². The quantitative estimate of drug-likeness (QED) is 0.814. The maximum atomic E-state index is 5.67. The van der Waals surface area contributed by atoms with E-state index in [2.05, 4.69) is 47.4 Å². The molecule has 1 saturated heterocycles. The Labute approximate surface area is 116 Å². The maximum absolute atomic E-state index is 5.67. The molecule has 1 N–H and O–H groups in total. The van der Waals surface area contributed by atoms with Crippen molar-refractivity contribution < 1.29 is 4.74 Å². The van der Waals surface area contributed by atoms with Crippen molar-refractivity contribution in [1.29, 1.82) is 0 Å². The maximum Gasteiger partial charge on any atom is 0.0702 e. The van der Waals surface area contributed by atoms with Gasteiger partial charge in [0, 0.05) is 26.2 Å². The first kappa shape index (κ1) is 14.4. The van der Waals surface area contributed by atoms with Gasteiger partial charge < -0.3 is 10.1 Å². The zero-order chi connectivity index (χ0) is 13.5. The Morgan fingerprint density at radius 2 is 2.26 bits per heavy atom. The predicted molar refractivity (Wildman–Crippen MR) is 76.9 cm³/mol. The van der Waals surface area contributed by atoms with Crippen LogP contribution >= 0.6 is 0 Å². The van der Waals surface area contributed by atoms with Crippen LogP contribution in [0.15, 0.2) is 18.2 Å². The van der Waals surface area contributed by atoms with Gasteiger partial charge in [0.05, 0.1) is 17.5 Å². The van der Waals surface area contributed by atoms with Gasteiger partial charge >= 0.3 is 0 Å². The Hall–Kier alpha value is -0.970. The molecule has 1 fully saturated rings. The number of nitrogens with zero attached hydrogens (tertiary/aromatic N) is 2. The molecule has 0 aliphatic carbocycles. The highest BCUT2D eigenvalue weighted by molar-refractivity contribution is 5.11. The molecule has 106 valence electrons. The first-order valence-corrected chi connectivity index (χ1v) is 7.23. The monoisotopic (exact) mass is 263 g/mol. The summed E-state index contributed by atoms with van der Waals surface area (Å²) in [7, 11) is 2.14. The molecule has 2 heterocycles. The van der Waals surface area contributed by atoms with Crippen LogP contribution in [0.2, 0.25) is 0 Å². The highest BCUT2D eigenvalue weighted by Gasteiger charge is 2.17. The standard InChI is InChI=1S/C15H25N3O/c1-3-16-10-13-6-4-7-14(17-13)11-18(2)12-15-8-5-9-19-15/h4,6-7,15-16H,3,5,8-12H2,1-2H3. The van der Waals surface area contributed by atoms with Gasteiger partial charge in [0.1, 0.15) is 0 Å². The largest absolute Gasteiger partial charge is 0.377 e. The summed E-state index contributed by atoms with van der Waals surface area (Å²) < 4.78 is 5.67.